The van der Waals surface area contributed by atoms with E-state index in [1.54, 1.807) is 0 Å². The largest absolute Gasteiger partial charge is 0.416 e. The third-order valence-corrected chi connectivity index (χ3v) is 3.68. The van der Waals surface area contributed by atoms with Gasteiger partial charge in [0.15, 0.2) is 0 Å². The molecule has 0 saturated carbocycles. The number of carbonyl (C=O) groups is 1. The SMILES string of the molecule is CC(C)(C)c1nnc(C(=O)NCc2nc3c([nH]2)CCCC3)o1. The molecular formula is C15H21N5O2. The summed E-state index contributed by atoms with van der Waals surface area (Å²) in [6.45, 7) is 6.19. The van der Waals surface area contributed by atoms with E-state index in [9.17, 15) is 4.79 Å². The molecule has 0 aliphatic heterocycles. The number of aryl methyl sites for hydroxylation is 2. The molecule has 0 saturated heterocycles. The number of amides is 1. The highest BCUT2D eigenvalue weighted by molar-refractivity contribution is 5.89. The summed E-state index contributed by atoms with van der Waals surface area (Å²) in [6, 6.07) is 0. The molecule has 2 aromatic rings. The van der Waals surface area contributed by atoms with E-state index in [1.165, 1.54) is 18.5 Å². The van der Waals surface area contributed by atoms with Crippen molar-refractivity contribution in [3.05, 3.63) is 29.0 Å². The number of aromatic amines is 1. The van der Waals surface area contributed by atoms with Crippen LogP contribution in [0.2, 0.25) is 0 Å². The summed E-state index contributed by atoms with van der Waals surface area (Å²) in [5.41, 5.74) is 2.05. The van der Waals surface area contributed by atoms with Gasteiger partial charge in [-0.3, -0.25) is 4.79 Å². The van der Waals surface area contributed by atoms with Crippen LogP contribution in [0.4, 0.5) is 0 Å². The molecule has 0 atom stereocenters. The molecule has 2 aromatic heterocycles. The fraction of sp³-hybridized carbons (Fsp3) is 0.600. The average molecular weight is 303 g/mol. The molecule has 0 bridgehead atoms. The van der Waals surface area contributed by atoms with Crippen molar-refractivity contribution in [2.24, 2.45) is 0 Å². The van der Waals surface area contributed by atoms with E-state index in [4.69, 9.17) is 4.42 Å². The second kappa shape index (κ2) is 5.55. The molecule has 2 heterocycles. The Morgan fingerprint density at radius 2 is 2.05 bits per heavy atom. The van der Waals surface area contributed by atoms with E-state index in [0.717, 1.165) is 24.4 Å². The quantitative estimate of drug-likeness (QED) is 0.902. The fourth-order valence-corrected chi connectivity index (χ4v) is 2.45. The summed E-state index contributed by atoms with van der Waals surface area (Å²) in [5.74, 6) is 0.834. The lowest BCUT2D eigenvalue weighted by atomic mass is 9.97. The number of aromatic nitrogens is 4. The third kappa shape index (κ3) is 3.03. The Kier molecular flexibility index (Phi) is 3.72. The lowest BCUT2D eigenvalue weighted by Gasteiger charge is -2.10. The van der Waals surface area contributed by atoms with Crippen LogP contribution >= 0.6 is 0 Å². The smallest absolute Gasteiger partial charge is 0.309 e. The Morgan fingerprint density at radius 1 is 1.27 bits per heavy atom. The van der Waals surface area contributed by atoms with Gasteiger partial charge in [-0.05, 0) is 25.7 Å². The highest BCUT2D eigenvalue weighted by Gasteiger charge is 2.24. The summed E-state index contributed by atoms with van der Waals surface area (Å²) in [4.78, 5) is 19.9. The normalized spacial score (nSPS) is 14.7. The molecule has 7 heteroatoms. The number of H-pyrrole nitrogens is 1. The zero-order valence-corrected chi connectivity index (χ0v) is 13.2. The van der Waals surface area contributed by atoms with Crippen molar-refractivity contribution in [1.29, 1.82) is 0 Å². The van der Waals surface area contributed by atoms with Crippen LogP contribution in [-0.2, 0) is 24.8 Å². The summed E-state index contributed by atoms with van der Waals surface area (Å²) in [7, 11) is 0. The maximum absolute atomic E-state index is 12.1. The zero-order chi connectivity index (χ0) is 15.7. The highest BCUT2D eigenvalue weighted by Crippen LogP contribution is 2.20. The Morgan fingerprint density at radius 3 is 2.73 bits per heavy atom. The number of imidazole rings is 1. The molecule has 0 unspecified atom stereocenters. The highest BCUT2D eigenvalue weighted by atomic mass is 16.4. The molecule has 0 aromatic carbocycles. The number of fused-ring (bicyclic) bond motifs is 1. The molecule has 118 valence electrons. The summed E-state index contributed by atoms with van der Waals surface area (Å²) in [5, 5.41) is 10.5. The molecule has 1 aliphatic carbocycles. The third-order valence-electron chi connectivity index (χ3n) is 3.68. The fourth-order valence-electron chi connectivity index (χ4n) is 2.45. The summed E-state index contributed by atoms with van der Waals surface area (Å²) < 4.78 is 5.41. The Labute approximate surface area is 128 Å². The standard InChI is InChI=1S/C15H21N5O2/c1-15(2,3)14-20-19-13(22-14)12(21)16-8-11-17-9-6-4-5-7-10(9)18-11/h4-8H2,1-3H3,(H,16,21)(H,17,18). The van der Waals surface area contributed by atoms with Crippen LogP contribution < -0.4 is 5.32 Å². The summed E-state index contributed by atoms with van der Waals surface area (Å²) >= 11 is 0. The van der Waals surface area contributed by atoms with Crippen LogP contribution in [0.5, 0.6) is 0 Å². The Hall–Kier alpha value is -2.18. The van der Waals surface area contributed by atoms with Gasteiger partial charge in [0, 0.05) is 11.1 Å². The lowest BCUT2D eigenvalue weighted by molar-refractivity contribution is 0.0911. The van der Waals surface area contributed by atoms with Gasteiger partial charge in [-0.2, -0.15) is 0 Å². The van der Waals surface area contributed by atoms with Crippen LogP contribution in [0, 0.1) is 0 Å². The average Bonchev–Trinajstić information content (AvgIpc) is 3.10. The number of nitrogens with one attached hydrogen (secondary N) is 2. The number of hydrogen-bond donors (Lipinski definition) is 2. The van der Waals surface area contributed by atoms with Crippen molar-refractivity contribution < 1.29 is 9.21 Å². The van der Waals surface area contributed by atoms with Crippen molar-refractivity contribution in [2.45, 2.75) is 58.4 Å². The first kappa shape index (κ1) is 14.7. The van der Waals surface area contributed by atoms with Crippen LogP contribution in [0.3, 0.4) is 0 Å². The van der Waals surface area contributed by atoms with Gasteiger partial charge in [0.1, 0.15) is 5.82 Å². The molecule has 0 radical (unpaired) electrons. The van der Waals surface area contributed by atoms with Gasteiger partial charge in [0.05, 0.1) is 12.2 Å². The number of rotatable bonds is 3. The maximum Gasteiger partial charge on any atom is 0.309 e. The minimum Gasteiger partial charge on any atom is -0.416 e. The molecule has 1 amide bonds. The van der Waals surface area contributed by atoms with E-state index in [0.29, 0.717) is 12.4 Å². The molecule has 0 fully saturated rings. The van der Waals surface area contributed by atoms with Crippen LogP contribution in [0.1, 0.15) is 67.4 Å². The molecule has 3 rings (SSSR count). The maximum atomic E-state index is 12.1. The van der Waals surface area contributed by atoms with E-state index < -0.39 is 0 Å². The van der Waals surface area contributed by atoms with E-state index in [1.807, 2.05) is 20.8 Å². The van der Waals surface area contributed by atoms with Crippen molar-refractivity contribution in [3.63, 3.8) is 0 Å². The van der Waals surface area contributed by atoms with Gasteiger partial charge in [-0.1, -0.05) is 20.8 Å². The molecule has 22 heavy (non-hydrogen) atoms. The molecule has 2 N–H and O–H groups in total. The minimum absolute atomic E-state index is 0.0127. The molecule has 1 aliphatic rings. The van der Waals surface area contributed by atoms with Gasteiger partial charge >= 0.3 is 11.8 Å². The summed E-state index contributed by atoms with van der Waals surface area (Å²) in [6.07, 6.45) is 4.42. The predicted octanol–water partition coefficient (Wildman–Crippen LogP) is 1.90. The monoisotopic (exact) mass is 303 g/mol. The van der Waals surface area contributed by atoms with E-state index in [-0.39, 0.29) is 17.2 Å². The zero-order valence-electron chi connectivity index (χ0n) is 13.2. The first-order valence-corrected chi connectivity index (χ1v) is 7.62. The number of hydrogen-bond acceptors (Lipinski definition) is 5. The van der Waals surface area contributed by atoms with Crippen molar-refractivity contribution >= 4 is 5.91 Å². The molecular weight excluding hydrogens is 282 g/mol. The molecule has 7 nitrogen and oxygen atoms in total. The predicted molar refractivity (Wildman–Crippen MR) is 79.4 cm³/mol. The topological polar surface area (TPSA) is 96.7 Å². The van der Waals surface area contributed by atoms with Crippen LogP contribution in [0.25, 0.3) is 0 Å². The van der Waals surface area contributed by atoms with Gasteiger partial charge in [0.25, 0.3) is 0 Å². The first-order chi connectivity index (χ1) is 10.4. The van der Waals surface area contributed by atoms with Gasteiger partial charge in [-0.25, -0.2) is 4.98 Å². The van der Waals surface area contributed by atoms with Crippen molar-refractivity contribution in [2.75, 3.05) is 0 Å². The van der Waals surface area contributed by atoms with Crippen molar-refractivity contribution in [3.8, 4) is 0 Å². The first-order valence-electron chi connectivity index (χ1n) is 7.62. The Bertz CT molecular complexity index is 657. The molecule has 0 spiro atoms. The van der Waals surface area contributed by atoms with Crippen molar-refractivity contribution in [1.82, 2.24) is 25.5 Å². The van der Waals surface area contributed by atoms with Gasteiger partial charge in [-0.15, -0.1) is 10.2 Å². The van der Waals surface area contributed by atoms with E-state index in [2.05, 4.69) is 25.5 Å². The minimum atomic E-state index is -0.377. The second-order valence-corrected chi connectivity index (χ2v) is 6.66. The van der Waals surface area contributed by atoms with Crippen LogP contribution in [-0.4, -0.2) is 26.1 Å². The second-order valence-electron chi connectivity index (χ2n) is 6.66. The van der Waals surface area contributed by atoms with Crippen LogP contribution in [0.15, 0.2) is 4.42 Å². The van der Waals surface area contributed by atoms with Gasteiger partial charge < -0.3 is 14.7 Å². The lowest BCUT2D eigenvalue weighted by Crippen LogP contribution is -2.23. The Balaban J connectivity index is 1.62. The van der Waals surface area contributed by atoms with Gasteiger partial charge in [0.2, 0.25) is 5.89 Å². The number of carbonyl (C=O) groups excluding carboxylic acids is 1. The van der Waals surface area contributed by atoms with E-state index >= 15 is 0 Å². The number of nitrogens with zero attached hydrogens (tertiary/aromatic N) is 3.